The minimum absolute atomic E-state index is 0.150. The lowest BCUT2D eigenvalue weighted by Crippen LogP contribution is -2.23. The average molecular weight is 335 g/mol. The molecular formula is C17H13N5O3. The number of nitriles is 1. The first-order valence-corrected chi connectivity index (χ1v) is 7.40. The van der Waals surface area contributed by atoms with E-state index in [2.05, 4.69) is 15.6 Å². The normalized spacial score (nSPS) is 10.2. The lowest BCUT2D eigenvalue weighted by molar-refractivity contribution is -0.148. The summed E-state index contributed by atoms with van der Waals surface area (Å²) >= 11 is 0. The highest BCUT2D eigenvalue weighted by atomic mass is 16.5. The molecule has 0 aliphatic carbocycles. The second-order valence-electron chi connectivity index (χ2n) is 5.10. The number of para-hydroxylation sites is 2. The smallest absolute Gasteiger partial charge is 0.328 e. The summed E-state index contributed by atoms with van der Waals surface area (Å²) in [5, 5.41) is 19.3. The number of esters is 1. The molecule has 3 aromatic rings. The van der Waals surface area contributed by atoms with Gasteiger partial charge in [0.1, 0.15) is 18.1 Å². The van der Waals surface area contributed by atoms with Gasteiger partial charge in [0.2, 0.25) is 0 Å². The van der Waals surface area contributed by atoms with Crippen LogP contribution >= 0.6 is 0 Å². The maximum absolute atomic E-state index is 11.9. The van der Waals surface area contributed by atoms with Crippen molar-refractivity contribution in [2.24, 2.45) is 0 Å². The van der Waals surface area contributed by atoms with E-state index >= 15 is 0 Å². The number of aromatic nitrogens is 3. The van der Waals surface area contributed by atoms with Crippen molar-refractivity contribution in [3.8, 4) is 6.07 Å². The molecule has 1 aromatic heterocycles. The molecule has 0 spiro atoms. The van der Waals surface area contributed by atoms with Gasteiger partial charge in [-0.2, -0.15) is 5.26 Å². The molecule has 124 valence electrons. The third kappa shape index (κ3) is 3.79. The van der Waals surface area contributed by atoms with E-state index in [9.17, 15) is 9.59 Å². The van der Waals surface area contributed by atoms with Gasteiger partial charge in [-0.1, -0.05) is 29.5 Å². The summed E-state index contributed by atoms with van der Waals surface area (Å²) in [5.41, 5.74) is 2.07. The SMILES string of the molecule is N#Cc1ccccc1NC(=O)COC(=O)Cn1nnc2ccccc21. The number of anilines is 1. The van der Waals surface area contributed by atoms with Crippen LogP contribution in [0.3, 0.4) is 0 Å². The summed E-state index contributed by atoms with van der Waals surface area (Å²) < 4.78 is 6.35. The summed E-state index contributed by atoms with van der Waals surface area (Å²) in [6.45, 7) is -0.603. The van der Waals surface area contributed by atoms with Crippen LogP contribution in [0.1, 0.15) is 5.56 Å². The maximum Gasteiger partial charge on any atom is 0.328 e. The van der Waals surface area contributed by atoms with Crippen molar-refractivity contribution in [2.45, 2.75) is 6.54 Å². The van der Waals surface area contributed by atoms with Gasteiger partial charge in [0.15, 0.2) is 6.61 Å². The second-order valence-corrected chi connectivity index (χ2v) is 5.10. The van der Waals surface area contributed by atoms with Crippen LogP contribution in [0, 0.1) is 11.3 Å². The number of amides is 1. The van der Waals surface area contributed by atoms with Gasteiger partial charge in [-0.05, 0) is 24.3 Å². The number of benzene rings is 2. The molecule has 25 heavy (non-hydrogen) atoms. The van der Waals surface area contributed by atoms with Crippen LogP contribution in [0.4, 0.5) is 5.69 Å². The van der Waals surface area contributed by atoms with Crippen LogP contribution in [0.5, 0.6) is 0 Å². The van der Waals surface area contributed by atoms with Crippen molar-refractivity contribution in [2.75, 3.05) is 11.9 Å². The summed E-state index contributed by atoms with van der Waals surface area (Å²) in [6, 6.07) is 15.7. The molecule has 2 aromatic carbocycles. The second kappa shape index (κ2) is 7.23. The Kier molecular flexibility index (Phi) is 4.67. The van der Waals surface area contributed by atoms with Crippen LogP contribution in [0.2, 0.25) is 0 Å². The highest BCUT2D eigenvalue weighted by molar-refractivity contribution is 5.94. The quantitative estimate of drug-likeness (QED) is 0.707. The van der Waals surface area contributed by atoms with E-state index in [0.717, 1.165) is 0 Å². The Morgan fingerprint density at radius 2 is 1.92 bits per heavy atom. The lowest BCUT2D eigenvalue weighted by Gasteiger charge is -2.08. The van der Waals surface area contributed by atoms with E-state index in [0.29, 0.717) is 22.3 Å². The number of carbonyl (C=O) groups excluding carboxylic acids is 2. The van der Waals surface area contributed by atoms with Crippen molar-refractivity contribution in [3.05, 3.63) is 54.1 Å². The topological polar surface area (TPSA) is 110 Å². The first-order valence-electron chi connectivity index (χ1n) is 7.40. The summed E-state index contributed by atoms with van der Waals surface area (Å²) in [7, 11) is 0. The fourth-order valence-electron chi connectivity index (χ4n) is 2.22. The van der Waals surface area contributed by atoms with E-state index in [4.69, 9.17) is 10.00 Å². The Hall–Kier alpha value is -3.73. The third-order valence-corrected chi connectivity index (χ3v) is 3.38. The number of rotatable bonds is 5. The molecule has 0 saturated heterocycles. The van der Waals surface area contributed by atoms with Crippen molar-refractivity contribution in [1.29, 1.82) is 5.26 Å². The van der Waals surface area contributed by atoms with E-state index in [1.807, 2.05) is 18.2 Å². The zero-order chi connectivity index (χ0) is 17.6. The van der Waals surface area contributed by atoms with Crippen molar-refractivity contribution in [1.82, 2.24) is 15.0 Å². The highest BCUT2D eigenvalue weighted by Crippen LogP contribution is 2.13. The van der Waals surface area contributed by atoms with Gasteiger partial charge in [-0.15, -0.1) is 5.10 Å². The number of nitrogens with one attached hydrogen (secondary N) is 1. The van der Waals surface area contributed by atoms with E-state index in [-0.39, 0.29) is 6.54 Å². The summed E-state index contributed by atoms with van der Waals surface area (Å²) in [5.74, 6) is -1.14. The largest absolute Gasteiger partial charge is 0.454 e. The molecular weight excluding hydrogens is 322 g/mol. The monoisotopic (exact) mass is 335 g/mol. The predicted octanol–water partition coefficient (Wildman–Crippen LogP) is 1.48. The molecule has 1 amide bonds. The minimum Gasteiger partial charge on any atom is -0.454 e. The average Bonchev–Trinajstić information content (AvgIpc) is 3.03. The van der Waals surface area contributed by atoms with E-state index in [1.54, 1.807) is 36.4 Å². The molecule has 0 bridgehead atoms. The minimum atomic E-state index is -0.612. The van der Waals surface area contributed by atoms with Gasteiger partial charge in [0.25, 0.3) is 5.91 Å². The Morgan fingerprint density at radius 3 is 2.76 bits per heavy atom. The number of ether oxygens (including phenoxy) is 1. The van der Waals surface area contributed by atoms with Crippen LogP contribution < -0.4 is 5.32 Å². The van der Waals surface area contributed by atoms with E-state index in [1.165, 1.54) is 4.68 Å². The number of fused-ring (bicyclic) bond motifs is 1. The first-order chi connectivity index (χ1) is 12.2. The summed E-state index contributed by atoms with van der Waals surface area (Å²) in [6.07, 6.45) is 0. The molecule has 0 atom stereocenters. The van der Waals surface area contributed by atoms with Crippen LogP contribution in [-0.2, 0) is 20.9 Å². The molecule has 0 aliphatic heterocycles. The zero-order valence-corrected chi connectivity index (χ0v) is 13.0. The van der Waals surface area contributed by atoms with Gasteiger partial charge in [-0.25, -0.2) is 4.68 Å². The molecule has 0 unspecified atom stereocenters. The van der Waals surface area contributed by atoms with Crippen molar-refractivity contribution >= 4 is 28.6 Å². The zero-order valence-electron chi connectivity index (χ0n) is 13.0. The Balaban J connectivity index is 1.55. The molecule has 1 heterocycles. The Morgan fingerprint density at radius 1 is 1.16 bits per heavy atom. The third-order valence-electron chi connectivity index (χ3n) is 3.38. The fourth-order valence-corrected chi connectivity index (χ4v) is 2.22. The Labute approximate surface area is 142 Å². The van der Waals surface area contributed by atoms with Gasteiger partial charge in [-0.3, -0.25) is 9.59 Å². The van der Waals surface area contributed by atoms with Crippen LogP contribution in [0.25, 0.3) is 11.0 Å². The maximum atomic E-state index is 11.9. The number of hydrogen-bond donors (Lipinski definition) is 1. The fraction of sp³-hybridized carbons (Fsp3) is 0.118. The molecule has 0 radical (unpaired) electrons. The van der Waals surface area contributed by atoms with Gasteiger partial charge in [0, 0.05) is 0 Å². The standard InChI is InChI=1S/C17H13N5O3/c18-9-12-5-1-2-6-13(12)19-16(23)11-25-17(24)10-22-15-8-4-3-7-14(15)20-21-22/h1-8H,10-11H2,(H,19,23). The molecule has 0 saturated carbocycles. The lowest BCUT2D eigenvalue weighted by atomic mass is 10.2. The van der Waals surface area contributed by atoms with Crippen LogP contribution in [0.15, 0.2) is 48.5 Å². The molecule has 0 aliphatic rings. The predicted molar refractivity (Wildman–Crippen MR) is 88.3 cm³/mol. The number of nitrogens with zero attached hydrogens (tertiary/aromatic N) is 4. The number of carbonyl (C=O) groups is 2. The molecule has 0 fully saturated rings. The highest BCUT2D eigenvalue weighted by Gasteiger charge is 2.12. The van der Waals surface area contributed by atoms with Gasteiger partial charge in [0.05, 0.1) is 16.8 Å². The molecule has 1 N–H and O–H groups in total. The molecule has 8 heteroatoms. The molecule has 8 nitrogen and oxygen atoms in total. The Bertz CT molecular complexity index is 974. The van der Waals surface area contributed by atoms with Crippen molar-refractivity contribution < 1.29 is 14.3 Å². The van der Waals surface area contributed by atoms with Crippen LogP contribution in [-0.4, -0.2) is 33.5 Å². The first kappa shape index (κ1) is 16.1. The number of hydrogen-bond acceptors (Lipinski definition) is 6. The van der Waals surface area contributed by atoms with E-state index < -0.39 is 18.5 Å². The van der Waals surface area contributed by atoms with Gasteiger partial charge < -0.3 is 10.1 Å². The van der Waals surface area contributed by atoms with Gasteiger partial charge >= 0.3 is 5.97 Å². The summed E-state index contributed by atoms with van der Waals surface area (Å²) in [4.78, 5) is 23.8. The van der Waals surface area contributed by atoms with Crippen molar-refractivity contribution in [3.63, 3.8) is 0 Å². The molecule has 3 rings (SSSR count).